The van der Waals surface area contributed by atoms with Gasteiger partial charge in [0.15, 0.2) is 5.78 Å². The van der Waals surface area contributed by atoms with Crippen LogP contribution < -0.4 is 4.74 Å². The second-order valence-corrected chi connectivity index (χ2v) is 6.58. The van der Waals surface area contributed by atoms with E-state index in [9.17, 15) is 4.79 Å². The first-order valence-electron chi connectivity index (χ1n) is 9.05. The highest BCUT2D eigenvalue weighted by Crippen LogP contribution is 2.27. The van der Waals surface area contributed by atoms with Crippen molar-refractivity contribution in [3.05, 3.63) is 102 Å². The lowest BCUT2D eigenvalue weighted by Crippen LogP contribution is -2.04. The Morgan fingerprint density at radius 3 is 2.36 bits per heavy atom. The van der Waals surface area contributed by atoms with Crippen LogP contribution in [0.1, 0.15) is 21.6 Å². The van der Waals surface area contributed by atoms with Gasteiger partial charge in [0.1, 0.15) is 5.75 Å². The first-order valence-corrected chi connectivity index (χ1v) is 9.05. The van der Waals surface area contributed by atoms with E-state index in [4.69, 9.17) is 4.74 Å². The van der Waals surface area contributed by atoms with Crippen LogP contribution in [0.4, 0.5) is 0 Å². The van der Waals surface area contributed by atoms with Crippen LogP contribution in [-0.4, -0.2) is 22.4 Å². The lowest BCUT2D eigenvalue weighted by molar-refractivity contribution is 0.103. The lowest BCUT2D eigenvalue weighted by Gasteiger charge is -2.11. The maximum atomic E-state index is 13.1. The van der Waals surface area contributed by atoms with Gasteiger partial charge < -0.3 is 9.30 Å². The van der Waals surface area contributed by atoms with E-state index < -0.39 is 0 Å². The number of hydrogen-bond donors (Lipinski definition) is 0. The monoisotopic (exact) mass is 368 g/mol. The number of carbonyl (C=O) groups excluding carboxylic acids is 1. The fraction of sp³-hybridized carbons (Fsp3) is 0.0833. The van der Waals surface area contributed by atoms with Crippen molar-refractivity contribution in [3.8, 4) is 22.6 Å². The molecular weight excluding hydrogens is 348 g/mol. The molecule has 138 valence electrons. The molecule has 0 bridgehead atoms. The fourth-order valence-electron chi connectivity index (χ4n) is 3.22. The smallest absolute Gasteiger partial charge is 0.193 e. The molecule has 0 aliphatic heterocycles. The minimum atomic E-state index is -0.0376. The Morgan fingerprint density at radius 1 is 0.893 bits per heavy atom. The molecule has 1 aromatic heterocycles. The summed E-state index contributed by atoms with van der Waals surface area (Å²) in [5.74, 6) is 0.590. The highest BCUT2D eigenvalue weighted by Gasteiger charge is 2.14. The van der Waals surface area contributed by atoms with Gasteiger partial charge >= 0.3 is 0 Å². The standard InChI is InChI=1S/C24H20N2O2/c1-17-15-26(16-25-17)22-12-11-21(14-23(22)28-2)24(27)20-10-6-9-19(13-20)18-7-4-3-5-8-18/h3-16H,1-2H3. The van der Waals surface area contributed by atoms with Crippen LogP contribution in [0.15, 0.2) is 85.3 Å². The molecule has 1 heterocycles. The van der Waals surface area contributed by atoms with Gasteiger partial charge in [-0.2, -0.15) is 0 Å². The third-order valence-corrected chi connectivity index (χ3v) is 4.66. The molecular formula is C24H20N2O2. The zero-order valence-electron chi connectivity index (χ0n) is 15.8. The maximum Gasteiger partial charge on any atom is 0.193 e. The molecule has 0 aliphatic carbocycles. The number of rotatable bonds is 5. The Balaban J connectivity index is 1.69. The average molecular weight is 368 g/mol. The van der Waals surface area contributed by atoms with Crippen molar-refractivity contribution in [1.82, 2.24) is 9.55 Å². The largest absolute Gasteiger partial charge is 0.495 e. The van der Waals surface area contributed by atoms with E-state index >= 15 is 0 Å². The summed E-state index contributed by atoms with van der Waals surface area (Å²) in [4.78, 5) is 17.3. The Bertz CT molecular complexity index is 1130. The Morgan fingerprint density at radius 2 is 1.64 bits per heavy atom. The molecule has 0 fully saturated rings. The molecule has 0 saturated heterocycles. The van der Waals surface area contributed by atoms with Crippen LogP contribution in [0, 0.1) is 6.92 Å². The van der Waals surface area contributed by atoms with E-state index in [0.717, 1.165) is 22.5 Å². The molecule has 0 unspecified atom stereocenters. The molecule has 0 spiro atoms. The zero-order valence-corrected chi connectivity index (χ0v) is 15.8. The van der Waals surface area contributed by atoms with E-state index in [1.165, 1.54) is 0 Å². The van der Waals surface area contributed by atoms with Crippen molar-refractivity contribution in [2.75, 3.05) is 7.11 Å². The molecule has 4 nitrogen and oxygen atoms in total. The van der Waals surface area contributed by atoms with Gasteiger partial charge in [-0.1, -0.05) is 48.5 Å². The van der Waals surface area contributed by atoms with Crippen LogP contribution in [0.5, 0.6) is 5.75 Å². The summed E-state index contributed by atoms with van der Waals surface area (Å²) in [6.45, 7) is 1.93. The first-order chi connectivity index (χ1) is 13.7. The van der Waals surface area contributed by atoms with E-state index in [2.05, 4.69) is 4.98 Å². The summed E-state index contributed by atoms with van der Waals surface area (Å²) >= 11 is 0. The zero-order chi connectivity index (χ0) is 19.5. The van der Waals surface area contributed by atoms with Crippen molar-refractivity contribution < 1.29 is 9.53 Å². The summed E-state index contributed by atoms with van der Waals surface area (Å²) < 4.78 is 7.42. The van der Waals surface area contributed by atoms with Gasteiger partial charge in [0.05, 0.1) is 24.8 Å². The molecule has 0 amide bonds. The highest BCUT2D eigenvalue weighted by atomic mass is 16.5. The summed E-state index contributed by atoms with van der Waals surface area (Å²) in [5.41, 5.74) is 5.10. The second-order valence-electron chi connectivity index (χ2n) is 6.58. The minimum Gasteiger partial charge on any atom is -0.495 e. The lowest BCUT2D eigenvalue weighted by atomic mass is 9.98. The third kappa shape index (κ3) is 3.45. The molecule has 28 heavy (non-hydrogen) atoms. The minimum absolute atomic E-state index is 0.0376. The Kier molecular flexibility index (Phi) is 4.77. The molecule has 3 aromatic carbocycles. The maximum absolute atomic E-state index is 13.1. The van der Waals surface area contributed by atoms with Crippen LogP contribution in [0.3, 0.4) is 0 Å². The van der Waals surface area contributed by atoms with Crippen LogP contribution in [-0.2, 0) is 0 Å². The third-order valence-electron chi connectivity index (χ3n) is 4.66. The van der Waals surface area contributed by atoms with E-state index in [1.807, 2.05) is 84.4 Å². The van der Waals surface area contributed by atoms with Crippen molar-refractivity contribution in [1.29, 1.82) is 0 Å². The number of imidazole rings is 1. The van der Waals surface area contributed by atoms with Gasteiger partial charge in [0, 0.05) is 17.3 Å². The summed E-state index contributed by atoms with van der Waals surface area (Å²) in [6.07, 6.45) is 3.65. The van der Waals surface area contributed by atoms with Gasteiger partial charge in [-0.25, -0.2) is 4.98 Å². The van der Waals surface area contributed by atoms with Gasteiger partial charge in [-0.15, -0.1) is 0 Å². The van der Waals surface area contributed by atoms with Crippen molar-refractivity contribution in [2.24, 2.45) is 0 Å². The number of benzene rings is 3. The topological polar surface area (TPSA) is 44.1 Å². The fourth-order valence-corrected chi connectivity index (χ4v) is 3.22. The number of aryl methyl sites for hydroxylation is 1. The number of ketones is 1. The highest BCUT2D eigenvalue weighted by molar-refractivity contribution is 6.09. The molecule has 4 aromatic rings. The Labute approximate surface area is 164 Å². The van der Waals surface area contributed by atoms with E-state index in [0.29, 0.717) is 16.9 Å². The SMILES string of the molecule is COc1cc(C(=O)c2cccc(-c3ccccc3)c2)ccc1-n1cnc(C)c1. The van der Waals surface area contributed by atoms with Crippen molar-refractivity contribution in [2.45, 2.75) is 6.92 Å². The van der Waals surface area contributed by atoms with Gasteiger partial charge in [0.2, 0.25) is 0 Å². The number of hydrogen-bond acceptors (Lipinski definition) is 3. The number of aromatic nitrogens is 2. The van der Waals surface area contributed by atoms with Crippen LogP contribution in [0.25, 0.3) is 16.8 Å². The number of nitrogens with zero attached hydrogens (tertiary/aromatic N) is 2. The average Bonchev–Trinajstić information content (AvgIpc) is 3.19. The molecule has 4 heteroatoms. The molecule has 4 rings (SSSR count). The summed E-state index contributed by atoms with van der Waals surface area (Å²) in [5, 5.41) is 0. The number of carbonyl (C=O) groups is 1. The molecule has 0 radical (unpaired) electrons. The normalized spacial score (nSPS) is 10.6. The van der Waals surface area contributed by atoms with Crippen molar-refractivity contribution in [3.63, 3.8) is 0 Å². The second kappa shape index (κ2) is 7.53. The number of ether oxygens (including phenoxy) is 1. The quantitative estimate of drug-likeness (QED) is 0.461. The predicted octanol–water partition coefficient (Wildman–Crippen LogP) is 5.09. The van der Waals surface area contributed by atoms with E-state index in [-0.39, 0.29) is 5.78 Å². The van der Waals surface area contributed by atoms with Crippen molar-refractivity contribution >= 4 is 5.78 Å². The Hall–Kier alpha value is -3.66. The summed E-state index contributed by atoms with van der Waals surface area (Å²) in [6, 6.07) is 23.2. The molecule has 0 saturated carbocycles. The van der Waals surface area contributed by atoms with Gasteiger partial charge in [-0.3, -0.25) is 4.79 Å². The van der Waals surface area contributed by atoms with Crippen LogP contribution in [0.2, 0.25) is 0 Å². The molecule has 0 N–H and O–H groups in total. The van der Waals surface area contributed by atoms with Gasteiger partial charge in [0.25, 0.3) is 0 Å². The first kappa shape index (κ1) is 17.7. The molecule has 0 aliphatic rings. The molecule has 0 atom stereocenters. The van der Waals surface area contributed by atoms with E-state index in [1.54, 1.807) is 19.5 Å². The van der Waals surface area contributed by atoms with Gasteiger partial charge in [-0.05, 0) is 42.3 Å². The number of methoxy groups -OCH3 is 1. The predicted molar refractivity (Wildman–Crippen MR) is 110 cm³/mol. The summed E-state index contributed by atoms with van der Waals surface area (Å²) in [7, 11) is 1.60. The van der Waals surface area contributed by atoms with Crippen LogP contribution >= 0.6 is 0 Å².